The van der Waals surface area contributed by atoms with E-state index in [1.165, 1.54) is 4.80 Å². The summed E-state index contributed by atoms with van der Waals surface area (Å²) in [4.78, 5) is 13.5. The van der Waals surface area contributed by atoms with Gasteiger partial charge in [-0.25, -0.2) is 0 Å². The SMILES string of the molecule is O=C(CCn1nnc(-c2ccccc2)n1)c1ccccc1. The predicted octanol–water partition coefficient (Wildman–Crippen LogP) is 2.61. The number of carbonyl (C=O) groups excluding carboxylic acids is 1. The van der Waals surface area contributed by atoms with Crippen LogP contribution in [0.1, 0.15) is 16.8 Å². The first-order valence-electron chi connectivity index (χ1n) is 6.74. The van der Waals surface area contributed by atoms with Gasteiger partial charge in [-0.3, -0.25) is 4.79 Å². The largest absolute Gasteiger partial charge is 0.294 e. The number of rotatable bonds is 5. The highest BCUT2D eigenvalue weighted by Gasteiger charge is 2.08. The number of benzene rings is 2. The first-order chi connectivity index (χ1) is 10.3. The lowest BCUT2D eigenvalue weighted by Crippen LogP contribution is -2.08. The van der Waals surface area contributed by atoms with Gasteiger partial charge in [0.2, 0.25) is 5.82 Å². The summed E-state index contributed by atoms with van der Waals surface area (Å²) >= 11 is 0. The third kappa shape index (κ3) is 3.20. The molecule has 104 valence electrons. The van der Waals surface area contributed by atoms with Crippen molar-refractivity contribution in [3.63, 3.8) is 0 Å². The quantitative estimate of drug-likeness (QED) is 0.673. The van der Waals surface area contributed by atoms with E-state index in [2.05, 4.69) is 15.4 Å². The number of carbonyl (C=O) groups is 1. The average molecular weight is 278 g/mol. The molecule has 1 heterocycles. The Morgan fingerprint density at radius 3 is 2.33 bits per heavy atom. The van der Waals surface area contributed by atoms with Crippen molar-refractivity contribution < 1.29 is 4.79 Å². The van der Waals surface area contributed by atoms with Gasteiger partial charge in [-0.1, -0.05) is 60.7 Å². The molecule has 0 bridgehead atoms. The Balaban J connectivity index is 1.64. The van der Waals surface area contributed by atoms with Gasteiger partial charge in [-0.15, -0.1) is 10.2 Å². The van der Waals surface area contributed by atoms with E-state index >= 15 is 0 Å². The predicted molar refractivity (Wildman–Crippen MR) is 78.6 cm³/mol. The van der Waals surface area contributed by atoms with Crippen LogP contribution in [0.15, 0.2) is 60.7 Å². The molecular weight excluding hydrogens is 264 g/mol. The Kier molecular flexibility index (Phi) is 3.82. The van der Waals surface area contributed by atoms with E-state index in [0.717, 1.165) is 5.56 Å². The summed E-state index contributed by atoms with van der Waals surface area (Å²) in [7, 11) is 0. The smallest absolute Gasteiger partial charge is 0.204 e. The molecule has 0 aliphatic carbocycles. The van der Waals surface area contributed by atoms with Gasteiger partial charge >= 0.3 is 0 Å². The van der Waals surface area contributed by atoms with Crippen molar-refractivity contribution in [2.75, 3.05) is 0 Å². The van der Waals surface area contributed by atoms with Crippen molar-refractivity contribution in [3.8, 4) is 11.4 Å². The minimum Gasteiger partial charge on any atom is -0.294 e. The van der Waals surface area contributed by atoms with Gasteiger partial charge in [0.1, 0.15) is 0 Å². The van der Waals surface area contributed by atoms with Crippen LogP contribution in [0.3, 0.4) is 0 Å². The van der Waals surface area contributed by atoms with Crippen LogP contribution < -0.4 is 0 Å². The maximum Gasteiger partial charge on any atom is 0.204 e. The van der Waals surface area contributed by atoms with Gasteiger partial charge in [-0.05, 0) is 5.21 Å². The number of hydrogen-bond acceptors (Lipinski definition) is 4. The molecule has 0 aliphatic rings. The zero-order chi connectivity index (χ0) is 14.5. The molecule has 1 aromatic heterocycles. The second-order valence-electron chi connectivity index (χ2n) is 4.61. The van der Waals surface area contributed by atoms with Gasteiger partial charge in [-0.2, -0.15) is 4.80 Å². The number of ketones is 1. The Hall–Kier alpha value is -2.82. The van der Waals surface area contributed by atoms with Crippen LogP contribution in [-0.4, -0.2) is 26.0 Å². The van der Waals surface area contributed by atoms with Crippen LogP contribution in [0.2, 0.25) is 0 Å². The molecule has 5 nitrogen and oxygen atoms in total. The van der Waals surface area contributed by atoms with Crippen molar-refractivity contribution in [1.82, 2.24) is 20.2 Å². The molecule has 0 saturated heterocycles. The van der Waals surface area contributed by atoms with E-state index in [1.54, 1.807) is 0 Å². The number of aryl methyl sites for hydroxylation is 1. The zero-order valence-electron chi connectivity index (χ0n) is 11.4. The zero-order valence-corrected chi connectivity index (χ0v) is 11.4. The molecule has 0 atom stereocenters. The van der Waals surface area contributed by atoms with Crippen LogP contribution in [-0.2, 0) is 6.54 Å². The lowest BCUT2D eigenvalue weighted by Gasteiger charge is -1.99. The normalized spacial score (nSPS) is 10.5. The summed E-state index contributed by atoms with van der Waals surface area (Å²) in [6.45, 7) is 0.424. The van der Waals surface area contributed by atoms with Gasteiger partial charge in [0.15, 0.2) is 5.78 Å². The maximum atomic E-state index is 12.0. The van der Waals surface area contributed by atoms with Crippen LogP contribution in [0.5, 0.6) is 0 Å². The van der Waals surface area contributed by atoms with Crippen molar-refractivity contribution in [2.45, 2.75) is 13.0 Å². The fraction of sp³-hybridized carbons (Fsp3) is 0.125. The van der Waals surface area contributed by atoms with Gasteiger partial charge in [0.05, 0.1) is 6.54 Å². The number of Topliss-reactive ketones (excluding diaryl/α,β-unsaturated/α-hetero) is 1. The van der Waals surface area contributed by atoms with E-state index < -0.39 is 0 Å². The molecule has 0 fully saturated rings. The monoisotopic (exact) mass is 278 g/mol. The standard InChI is InChI=1S/C16H14N4O/c21-15(13-7-3-1-4-8-13)11-12-20-18-16(17-19-20)14-9-5-2-6-10-14/h1-10H,11-12H2. The maximum absolute atomic E-state index is 12.0. The van der Waals surface area contributed by atoms with Crippen molar-refractivity contribution in [2.24, 2.45) is 0 Å². The summed E-state index contributed by atoms with van der Waals surface area (Å²) in [5.41, 5.74) is 1.62. The minimum atomic E-state index is 0.0779. The molecule has 0 amide bonds. The molecule has 0 unspecified atom stereocenters. The third-order valence-electron chi connectivity index (χ3n) is 3.12. The Morgan fingerprint density at radius 2 is 1.62 bits per heavy atom. The lowest BCUT2D eigenvalue weighted by molar-refractivity contribution is 0.0973. The molecule has 0 saturated carbocycles. The Labute approximate surface area is 122 Å². The molecule has 0 aliphatic heterocycles. The highest BCUT2D eigenvalue weighted by Crippen LogP contribution is 2.12. The Morgan fingerprint density at radius 1 is 0.952 bits per heavy atom. The molecule has 0 N–H and O–H groups in total. The van der Waals surface area contributed by atoms with Crippen molar-refractivity contribution in [1.29, 1.82) is 0 Å². The second-order valence-corrected chi connectivity index (χ2v) is 4.61. The fourth-order valence-corrected chi connectivity index (χ4v) is 2.01. The minimum absolute atomic E-state index is 0.0779. The third-order valence-corrected chi connectivity index (χ3v) is 3.12. The van der Waals surface area contributed by atoms with Crippen LogP contribution in [0.25, 0.3) is 11.4 Å². The van der Waals surface area contributed by atoms with Gasteiger partial charge in [0, 0.05) is 17.5 Å². The van der Waals surface area contributed by atoms with Crippen molar-refractivity contribution in [3.05, 3.63) is 66.2 Å². The Bertz CT molecular complexity index is 722. The highest BCUT2D eigenvalue weighted by molar-refractivity contribution is 5.95. The van der Waals surface area contributed by atoms with Crippen LogP contribution in [0.4, 0.5) is 0 Å². The average Bonchev–Trinajstić information content (AvgIpc) is 3.03. The lowest BCUT2D eigenvalue weighted by atomic mass is 10.1. The summed E-state index contributed by atoms with van der Waals surface area (Å²) in [5.74, 6) is 0.650. The van der Waals surface area contributed by atoms with Gasteiger partial charge in [0.25, 0.3) is 0 Å². The molecule has 0 radical (unpaired) electrons. The summed E-state index contributed by atoms with van der Waals surface area (Å²) in [6.07, 6.45) is 0.356. The first-order valence-corrected chi connectivity index (χ1v) is 6.74. The first kappa shape index (κ1) is 13.2. The number of tetrazole rings is 1. The highest BCUT2D eigenvalue weighted by atomic mass is 16.1. The molecule has 0 spiro atoms. The van der Waals surface area contributed by atoms with Crippen molar-refractivity contribution >= 4 is 5.78 Å². The van der Waals surface area contributed by atoms with Crippen LogP contribution >= 0.6 is 0 Å². The second kappa shape index (κ2) is 6.09. The molecule has 2 aromatic carbocycles. The molecular formula is C16H14N4O. The summed E-state index contributed by atoms with van der Waals surface area (Å²) in [6, 6.07) is 18.9. The van der Waals surface area contributed by atoms with E-state index in [9.17, 15) is 4.79 Å². The molecule has 3 rings (SSSR count). The number of hydrogen-bond donors (Lipinski definition) is 0. The fourth-order valence-electron chi connectivity index (χ4n) is 2.01. The van der Waals surface area contributed by atoms with Gasteiger partial charge < -0.3 is 0 Å². The number of nitrogens with zero attached hydrogens (tertiary/aromatic N) is 4. The van der Waals surface area contributed by atoms with E-state index in [4.69, 9.17) is 0 Å². The summed E-state index contributed by atoms with van der Waals surface area (Å²) in [5, 5.41) is 12.3. The van der Waals surface area contributed by atoms with E-state index in [-0.39, 0.29) is 5.78 Å². The van der Waals surface area contributed by atoms with E-state index in [1.807, 2.05) is 60.7 Å². The molecule has 21 heavy (non-hydrogen) atoms. The van der Waals surface area contributed by atoms with Crippen LogP contribution in [0, 0.1) is 0 Å². The topological polar surface area (TPSA) is 60.7 Å². The summed E-state index contributed by atoms with van der Waals surface area (Å²) < 4.78 is 0. The van der Waals surface area contributed by atoms with E-state index in [0.29, 0.717) is 24.4 Å². The number of aromatic nitrogens is 4. The molecule has 3 aromatic rings. The molecule has 5 heteroatoms.